The van der Waals surface area contributed by atoms with Crippen LogP contribution in [0.4, 0.5) is 5.69 Å². The van der Waals surface area contributed by atoms with Gasteiger partial charge in [0.25, 0.3) is 5.91 Å². The standard InChI is InChI=1S/C17H16Cl2N2O2/c1-10-6-7-21(16-12(10)4-3-5-13(16)23-2)17(22)11-8-14(18)20-15(19)9-11/h3-5,8-10H,6-7H2,1-2H3/t10-/m1/s1. The molecule has 0 spiro atoms. The summed E-state index contributed by atoms with van der Waals surface area (Å²) in [4.78, 5) is 18.6. The second kappa shape index (κ2) is 6.38. The Labute approximate surface area is 145 Å². The molecular weight excluding hydrogens is 335 g/mol. The van der Waals surface area contributed by atoms with Crippen LogP contribution in [0.2, 0.25) is 10.3 Å². The van der Waals surface area contributed by atoms with Gasteiger partial charge in [0.1, 0.15) is 16.1 Å². The quantitative estimate of drug-likeness (QED) is 0.746. The lowest BCUT2D eigenvalue weighted by atomic mass is 9.90. The average molecular weight is 351 g/mol. The Morgan fingerprint density at radius 2 is 2.00 bits per heavy atom. The van der Waals surface area contributed by atoms with Crippen molar-refractivity contribution in [2.75, 3.05) is 18.6 Å². The zero-order chi connectivity index (χ0) is 16.6. The molecule has 2 aromatic rings. The first-order chi connectivity index (χ1) is 11.0. The lowest BCUT2D eigenvalue weighted by molar-refractivity contribution is 0.0983. The summed E-state index contributed by atoms with van der Waals surface area (Å²) in [6.07, 6.45) is 0.887. The molecule has 1 atom stereocenters. The number of hydrogen-bond donors (Lipinski definition) is 0. The molecule has 0 saturated carbocycles. The van der Waals surface area contributed by atoms with Gasteiger partial charge in [0.05, 0.1) is 12.8 Å². The monoisotopic (exact) mass is 350 g/mol. The van der Waals surface area contributed by atoms with E-state index in [1.54, 1.807) is 12.0 Å². The van der Waals surface area contributed by atoms with Crippen molar-refractivity contribution in [3.8, 4) is 5.75 Å². The van der Waals surface area contributed by atoms with Crippen LogP contribution in [-0.2, 0) is 0 Å². The fourth-order valence-electron chi connectivity index (χ4n) is 2.93. The van der Waals surface area contributed by atoms with Gasteiger partial charge in [-0.1, -0.05) is 42.3 Å². The molecule has 0 aliphatic carbocycles. The molecule has 0 saturated heterocycles. The van der Waals surface area contributed by atoms with Crippen molar-refractivity contribution >= 4 is 34.8 Å². The van der Waals surface area contributed by atoms with E-state index in [1.807, 2.05) is 18.2 Å². The summed E-state index contributed by atoms with van der Waals surface area (Å²) in [5, 5.41) is 0.401. The topological polar surface area (TPSA) is 42.4 Å². The number of nitrogens with zero attached hydrogens (tertiary/aromatic N) is 2. The summed E-state index contributed by atoms with van der Waals surface area (Å²) in [5.41, 5.74) is 2.35. The number of hydrogen-bond acceptors (Lipinski definition) is 3. The van der Waals surface area contributed by atoms with Crippen molar-refractivity contribution in [3.63, 3.8) is 0 Å². The second-order valence-electron chi connectivity index (χ2n) is 5.55. The van der Waals surface area contributed by atoms with E-state index < -0.39 is 0 Å². The molecule has 1 aromatic carbocycles. The predicted molar refractivity (Wildman–Crippen MR) is 92.0 cm³/mol. The minimum Gasteiger partial charge on any atom is -0.495 e. The third kappa shape index (κ3) is 3.01. The van der Waals surface area contributed by atoms with Gasteiger partial charge in [-0.25, -0.2) is 4.98 Å². The smallest absolute Gasteiger partial charge is 0.258 e. The molecule has 1 amide bonds. The Balaban J connectivity index is 2.08. The van der Waals surface area contributed by atoms with Crippen LogP contribution >= 0.6 is 23.2 Å². The van der Waals surface area contributed by atoms with E-state index in [1.165, 1.54) is 12.1 Å². The number of pyridine rings is 1. The van der Waals surface area contributed by atoms with Gasteiger partial charge in [0.15, 0.2) is 0 Å². The number of fused-ring (bicyclic) bond motifs is 1. The van der Waals surface area contributed by atoms with E-state index in [-0.39, 0.29) is 16.2 Å². The molecule has 0 bridgehead atoms. The number of amides is 1. The first kappa shape index (κ1) is 16.1. The van der Waals surface area contributed by atoms with E-state index in [4.69, 9.17) is 27.9 Å². The number of methoxy groups -OCH3 is 1. The third-order valence-electron chi connectivity index (χ3n) is 4.09. The Morgan fingerprint density at radius 1 is 1.30 bits per heavy atom. The Kier molecular flexibility index (Phi) is 4.46. The van der Waals surface area contributed by atoms with Crippen LogP contribution in [0.1, 0.15) is 35.2 Å². The van der Waals surface area contributed by atoms with Crippen LogP contribution in [0, 0.1) is 0 Å². The number of para-hydroxylation sites is 1. The van der Waals surface area contributed by atoms with Crippen LogP contribution in [0.5, 0.6) is 5.75 Å². The van der Waals surface area contributed by atoms with Crippen LogP contribution in [0.25, 0.3) is 0 Å². The van der Waals surface area contributed by atoms with Gasteiger partial charge < -0.3 is 9.64 Å². The lowest BCUT2D eigenvalue weighted by Gasteiger charge is -2.34. The Bertz CT molecular complexity index is 744. The molecule has 3 rings (SSSR count). The molecule has 1 aliphatic heterocycles. The number of carbonyl (C=O) groups excluding carboxylic acids is 1. The summed E-state index contributed by atoms with van der Waals surface area (Å²) in [6.45, 7) is 2.77. The van der Waals surface area contributed by atoms with Gasteiger partial charge in [0, 0.05) is 12.1 Å². The summed E-state index contributed by atoms with van der Waals surface area (Å²) in [6, 6.07) is 8.91. The first-order valence-corrected chi connectivity index (χ1v) is 8.08. The van der Waals surface area contributed by atoms with Gasteiger partial charge in [-0.05, 0) is 36.1 Å². The highest BCUT2D eigenvalue weighted by Crippen LogP contribution is 2.42. The molecule has 1 aromatic heterocycles. The number of halogens is 2. The molecule has 0 fully saturated rings. The highest BCUT2D eigenvalue weighted by atomic mass is 35.5. The van der Waals surface area contributed by atoms with Crippen molar-refractivity contribution in [1.29, 1.82) is 0 Å². The summed E-state index contributed by atoms with van der Waals surface area (Å²) >= 11 is 11.8. The predicted octanol–water partition coefficient (Wildman–Crippen LogP) is 4.55. The third-order valence-corrected chi connectivity index (χ3v) is 4.48. The minimum absolute atomic E-state index is 0.158. The van der Waals surface area contributed by atoms with Gasteiger partial charge in [-0.2, -0.15) is 0 Å². The lowest BCUT2D eigenvalue weighted by Crippen LogP contribution is -2.36. The van der Waals surface area contributed by atoms with Gasteiger partial charge in [-0.3, -0.25) is 4.79 Å². The number of aromatic nitrogens is 1. The van der Waals surface area contributed by atoms with E-state index in [2.05, 4.69) is 11.9 Å². The Morgan fingerprint density at radius 3 is 2.65 bits per heavy atom. The summed E-state index contributed by atoms with van der Waals surface area (Å²) in [5.74, 6) is 0.899. The maximum atomic E-state index is 13.0. The first-order valence-electron chi connectivity index (χ1n) is 7.33. The van der Waals surface area contributed by atoms with Crippen LogP contribution < -0.4 is 9.64 Å². The largest absolute Gasteiger partial charge is 0.495 e. The van der Waals surface area contributed by atoms with Crippen molar-refractivity contribution in [3.05, 3.63) is 51.8 Å². The average Bonchev–Trinajstić information content (AvgIpc) is 2.53. The molecule has 120 valence electrons. The van der Waals surface area contributed by atoms with E-state index in [0.717, 1.165) is 17.7 Å². The SMILES string of the molecule is COc1cccc2c1N(C(=O)c1cc(Cl)nc(Cl)c1)CC[C@H]2C. The molecular formula is C17H16Cl2N2O2. The van der Waals surface area contributed by atoms with Crippen LogP contribution in [-0.4, -0.2) is 24.5 Å². The zero-order valence-corrected chi connectivity index (χ0v) is 14.4. The van der Waals surface area contributed by atoms with E-state index >= 15 is 0 Å². The highest BCUT2D eigenvalue weighted by Gasteiger charge is 2.30. The summed E-state index contributed by atoms with van der Waals surface area (Å²) in [7, 11) is 1.61. The molecule has 6 heteroatoms. The fourth-order valence-corrected chi connectivity index (χ4v) is 3.39. The van der Waals surface area contributed by atoms with Crippen molar-refractivity contribution in [1.82, 2.24) is 4.98 Å². The van der Waals surface area contributed by atoms with Crippen molar-refractivity contribution < 1.29 is 9.53 Å². The minimum atomic E-state index is -0.158. The molecule has 0 N–H and O–H groups in total. The molecule has 2 heterocycles. The van der Waals surface area contributed by atoms with Crippen molar-refractivity contribution in [2.24, 2.45) is 0 Å². The maximum absolute atomic E-state index is 13.0. The van der Waals surface area contributed by atoms with Gasteiger partial charge in [-0.15, -0.1) is 0 Å². The van der Waals surface area contributed by atoms with E-state index in [9.17, 15) is 4.79 Å². The molecule has 0 radical (unpaired) electrons. The number of rotatable bonds is 2. The maximum Gasteiger partial charge on any atom is 0.258 e. The Hall–Kier alpha value is -1.78. The molecule has 23 heavy (non-hydrogen) atoms. The number of ether oxygens (including phenoxy) is 1. The van der Waals surface area contributed by atoms with Crippen molar-refractivity contribution in [2.45, 2.75) is 19.3 Å². The zero-order valence-electron chi connectivity index (χ0n) is 12.8. The number of carbonyl (C=O) groups is 1. The fraction of sp³-hybridized carbons (Fsp3) is 0.294. The molecule has 1 aliphatic rings. The van der Waals surface area contributed by atoms with Gasteiger partial charge in [0.2, 0.25) is 0 Å². The van der Waals surface area contributed by atoms with E-state index in [0.29, 0.717) is 23.8 Å². The molecule has 4 nitrogen and oxygen atoms in total. The normalized spacial score (nSPS) is 16.9. The van der Waals surface area contributed by atoms with Crippen LogP contribution in [0.3, 0.4) is 0 Å². The summed E-state index contributed by atoms with van der Waals surface area (Å²) < 4.78 is 5.47. The second-order valence-corrected chi connectivity index (χ2v) is 6.32. The highest BCUT2D eigenvalue weighted by molar-refractivity contribution is 6.33. The number of benzene rings is 1. The molecule has 0 unspecified atom stereocenters. The van der Waals surface area contributed by atoms with Crippen LogP contribution in [0.15, 0.2) is 30.3 Å². The van der Waals surface area contributed by atoms with Gasteiger partial charge >= 0.3 is 0 Å². The number of anilines is 1.